The molecule has 0 aliphatic carbocycles. The van der Waals surface area contributed by atoms with Gasteiger partial charge >= 0.3 is 11.6 Å². The highest BCUT2D eigenvalue weighted by Crippen LogP contribution is 2.17. The van der Waals surface area contributed by atoms with E-state index >= 15 is 0 Å². The molecule has 3 aromatic rings. The Morgan fingerprint density at radius 1 is 0.952 bits per heavy atom. The maximum absolute atomic E-state index is 10.7. The number of benzene rings is 2. The van der Waals surface area contributed by atoms with Gasteiger partial charge < -0.3 is 14.6 Å². The van der Waals surface area contributed by atoms with Crippen molar-refractivity contribution in [1.82, 2.24) is 0 Å². The minimum Gasteiger partial charge on any atom is -0.508 e. The maximum atomic E-state index is 10.7. The van der Waals surface area contributed by atoms with E-state index in [1.807, 2.05) is 0 Å². The van der Waals surface area contributed by atoms with Gasteiger partial charge in [0.15, 0.2) is 0 Å². The molecule has 0 aliphatic rings. The van der Waals surface area contributed by atoms with Crippen molar-refractivity contribution in [3.05, 3.63) is 76.6 Å². The third kappa shape index (κ3) is 3.94. The highest BCUT2D eigenvalue weighted by atomic mass is 16.4. The molecule has 3 rings (SSSR count). The Labute approximate surface area is 119 Å². The van der Waals surface area contributed by atoms with Crippen LogP contribution in [0.15, 0.2) is 69.9 Å². The standard InChI is InChI=1S/C9H6O3.C7H6O2/c10-7-3-1-6-2-4-9(11)12-8(6)5-7;8-7(9)6-4-2-1-3-5-6/h1-5,10H;1-5H,(H,8,9). The normalized spacial score (nSPS) is 9.71. The van der Waals surface area contributed by atoms with Crippen molar-refractivity contribution in [3.8, 4) is 5.75 Å². The summed E-state index contributed by atoms with van der Waals surface area (Å²) < 4.78 is 4.83. The molecule has 0 fully saturated rings. The first-order chi connectivity index (χ1) is 10.1. The van der Waals surface area contributed by atoms with E-state index in [0.717, 1.165) is 5.39 Å². The number of hydrogen-bond acceptors (Lipinski definition) is 4. The lowest BCUT2D eigenvalue weighted by atomic mass is 10.2. The average molecular weight is 284 g/mol. The number of phenolic OH excluding ortho intramolecular Hbond substituents is 1. The summed E-state index contributed by atoms with van der Waals surface area (Å²) >= 11 is 0. The number of carboxylic acids is 1. The highest BCUT2D eigenvalue weighted by Gasteiger charge is 1.97. The monoisotopic (exact) mass is 284 g/mol. The molecule has 0 unspecified atom stereocenters. The largest absolute Gasteiger partial charge is 0.508 e. The molecule has 0 atom stereocenters. The first kappa shape index (κ1) is 14.3. The summed E-state index contributed by atoms with van der Waals surface area (Å²) in [6.07, 6.45) is 0. The van der Waals surface area contributed by atoms with E-state index in [1.165, 1.54) is 12.1 Å². The number of carboxylic acid groups (broad SMARTS) is 1. The van der Waals surface area contributed by atoms with Crippen molar-refractivity contribution in [2.75, 3.05) is 0 Å². The van der Waals surface area contributed by atoms with Crippen molar-refractivity contribution in [3.63, 3.8) is 0 Å². The molecule has 0 spiro atoms. The fourth-order valence-corrected chi connectivity index (χ4v) is 1.63. The summed E-state index contributed by atoms with van der Waals surface area (Å²) in [6, 6.07) is 15.9. The van der Waals surface area contributed by atoms with E-state index in [-0.39, 0.29) is 5.75 Å². The lowest BCUT2D eigenvalue weighted by Crippen LogP contribution is -1.93. The van der Waals surface area contributed by atoms with Gasteiger partial charge in [0, 0.05) is 17.5 Å². The Morgan fingerprint density at radius 2 is 1.62 bits per heavy atom. The molecule has 2 N–H and O–H groups in total. The lowest BCUT2D eigenvalue weighted by Gasteiger charge is -1.94. The first-order valence-corrected chi connectivity index (χ1v) is 6.07. The summed E-state index contributed by atoms with van der Waals surface area (Å²) in [4.78, 5) is 20.9. The molecule has 0 aliphatic heterocycles. The molecule has 0 radical (unpaired) electrons. The van der Waals surface area contributed by atoms with Gasteiger partial charge in [-0.25, -0.2) is 9.59 Å². The third-order valence-electron chi connectivity index (χ3n) is 2.63. The molecule has 106 valence electrons. The number of phenols is 1. The van der Waals surface area contributed by atoms with E-state index in [9.17, 15) is 9.59 Å². The zero-order valence-corrected chi connectivity index (χ0v) is 10.9. The molecule has 5 nitrogen and oxygen atoms in total. The molecule has 0 amide bonds. The van der Waals surface area contributed by atoms with Crippen LogP contribution in [0.2, 0.25) is 0 Å². The Hall–Kier alpha value is -3.08. The van der Waals surface area contributed by atoms with Crippen LogP contribution in [0.25, 0.3) is 11.0 Å². The third-order valence-corrected chi connectivity index (χ3v) is 2.63. The van der Waals surface area contributed by atoms with Crippen LogP contribution in [0, 0.1) is 0 Å². The minimum atomic E-state index is -0.879. The van der Waals surface area contributed by atoms with Crippen LogP contribution >= 0.6 is 0 Å². The Bertz CT molecular complexity index is 806. The number of carbonyl (C=O) groups is 1. The number of aromatic carboxylic acids is 1. The highest BCUT2D eigenvalue weighted by molar-refractivity contribution is 5.87. The molecular formula is C16H12O5. The summed E-state index contributed by atoms with van der Waals surface area (Å²) in [5.74, 6) is -0.785. The van der Waals surface area contributed by atoms with Gasteiger partial charge in [-0.1, -0.05) is 18.2 Å². The zero-order valence-electron chi connectivity index (χ0n) is 10.9. The predicted octanol–water partition coefficient (Wildman–Crippen LogP) is 2.88. The van der Waals surface area contributed by atoms with E-state index in [2.05, 4.69) is 0 Å². The second-order valence-electron chi connectivity index (χ2n) is 4.15. The zero-order chi connectivity index (χ0) is 15.2. The maximum Gasteiger partial charge on any atom is 0.336 e. The van der Waals surface area contributed by atoms with Gasteiger partial charge in [-0.15, -0.1) is 0 Å². The van der Waals surface area contributed by atoms with Crippen LogP contribution in [-0.4, -0.2) is 16.2 Å². The van der Waals surface area contributed by atoms with E-state index in [0.29, 0.717) is 11.1 Å². The van der Waals surface area contributed by atoms with Crippen LogP contribution in [0.4, 0.5) is 0 Å². The minimum absolute atomic E-state index is 0.0943. The van der Waals surface area contributed by atoms with Crippen molar-refractivity contribution >= 4 is 16.9 Å². The van der Waals surface area contributed by atoms with Gasteiger partial charge in [-0.05, 0) is 30.3 Å². The Kier molecular flexibility index (Phi) is 4.36. The molecule has 21 heavy (non-hydrogen) atoms. The van der Waals surface area contributed by atoms with E-state index in [1.54, 1.807) is 48.5 Å². The topological polar surface area (TPSA) is 87.7 Å². The predicted molar refractivity (Wildman–Crippen MR) is 77.6 cm³/mol. The van der Waals surface area contributed by atoms with Crippen LogP contribution in [-0.2, 0) is 0 Å². The van der Waals surface area contributed by atoms with Gasteiger partial charge in [0.2, 0.25) is 0 Å². The molecule has 2 aromatic carbocycles. The van der Waals surface area contributed by atoms with Gasteiger partial charge in [0.05, 0.1) is 5.56 Å². The van der Waals surface area contributed by atoms with Gasteiger partial charge in [-0.2, -0.15) is 0 Å². The smallest absolute Gasteiger partial charge is 0.336 e. The fraction of sp³-hybridized carbons (Fsp3) is 0. The summed E-state index contributed by atoms with van der Waals surface area (Å²) in [6.45, 7) is 0. The van der Waals surface area contributed by atoms with Gasteiger partial charge in [0.25, 0.3) is 0 Å². The van der Waals surface area contributed by atoms with Crippen LogP contribution < -0.4 is 5.63 Å². The number of hydrogen-bond donors (Lipinski definition) is 2. The van der Waals surface area contributed by atoms with E-state index in [4.69, 9.17) is 14.6 Å². The molecule has 5 heteroatoms. The van der Waals surface area contributed by atoms with Crippen LogP contribution in [0.5, 0.6) is 5.75 Å². The van der Waals surface area contributed by atoms with Gasteiger partial charge in [-0.3, -0.25) is 0 Å². The Balaban J connectivity index is 0.000000161. The van der Waals surface area contributed by atoms with Gasteiger partial charge in [0.1, 0.15) is 11.3 Å². The van der Waals surface area contributed by atoms with Crippen molar-refractivity contribution in [1.29, 1.82) is 0 Å². The first-order valence-electron chi connectivity index (χ1n) is 6.07. The summed E-state index contributed by atoms with van der Waals surface area (Å²) in [5, 5.41) is 18.2. The second-order valence-corrected chi connectivity index (χ2v) is 4.15. The molecule has 1 aromatic heterocycles. The number of aromatic hydroxyl groups is 1. The SMILES string of the molecule is O=C(O)c1ccccc1.O=c1ccc2ccc(O)cc2o1. The molecule has 0 saturated heterocycles. The van der Waals surface area contributed by atoms with Crippen LogP contribution in [0.1, 0.15) is 10.4 Å². The van der Waals surface area contributed by atoms with E-state index < -0.39 is 11.6 Å². The fourth-order valence-electron chi connectivity index (χ4n) is 1.63. The number of fused-ring (bicyclic) bond motifs is 1. The quantitative estimate of drug-likeness (QED) is 0.671. The Morgan fingerprint density at radius 3 is 2.24 bits per heavy atom. The number of rotatable bonds is 1. The molecule has 1 heterocycles. The van der Waals surface area contributed by atoms with Crippen LogP contribution in [0.3, 0.4) is 0 Å². The summed E-state index contributed by atoms with van der Waals surface area (Å²) in [7, 11) is 0. The molecular weight excluding hydrogens is 272 g/mol. The van der Waals surface area contributed by atoms with Crippen molar-refractivity contribution in [2.24, 2.45) is 0 Å². The molecule has 0 saturated carbocycles. The second kappa shape index (κ2) is 6.38. The summed E-state index contributed by atoms with van der Waals surface area (Å²) in [5.41, 5.74) is 0.327. The average Bonchev–Trinajstić information content (AvgIpc) is 2.48. The molecule has 0 bridgehead atoms. The van der Waals surface area contributed by atoms with Crippen molar-refractivity contribution in [2.45, 2.75) is 0 Å². The lowest BCUT2D eigenvalue weighted by molar-refractivity contribution is 0.0697. The van der Waals surface area contributed by atoms with Crippen molar-refractivity contribution < 1.29 is 19.4 Å².